The maximum Gasteiger partial charge on any atom is 0.331 e. The molecule has 0 saturated carbocycles. The first-order chi connectivity index (χ1) is 13.5. The molecular formula is C22H17N3O3. The minimum atomic E-state index is -0.739. The number of ketones is 1. The third kappa shape index (κ3) is 2.78. The Hall–Kier alpha value is -3.72. The van der Waals surface area contributed by atoms with Gasteiger partial charge >= 0.3 is 5.69 Å². The Kier molecular flexibility index (Phi) is 4.28. The van der Waals surface area contributed by atoms with Crippen LogP contribution in [0.5, 0.6) is 0 Å². The molecule has 138 valence electrons. The molecule has 0 fully saturated rings. The van der Waals surface area contributed by atoms with E-state index in [1.807, 2.05) is 30.3 Å². The van der Waals surface area contributed by atoms with Crippen molar-refractivity contribution in [3.63, 3.8) is 0 Å². The average molecular weight is 371 g/mol. The van der Waals surface area contributed by atoms with Gasteiger partial charge in [0.15, 0.2) is 5.78 Å². The summed E-state index contributed by atoms with van der Waals surface area (Å²) in [4.78, 5) is 37.7. The van der Waals surface area contributed by atoms with Crippen molar-refractivity contribution in [3.8, 4) is 17.2 Å². The number of nitrogens with zero attached hydrogens (tertiary/aromatic N) is 3. The van der Waals surface area contributed by atoms with Crippen LogP contribution in [-0.4, -0.2) is 14.9 Å². The molecular weight excluding hydrogens is 354 g/mol. The van der Waals surface area contributed by atoms with Crippen molar-refractivity contribution in [2.75, 3.05) is 0 Å². The van der Waals surface area contributed by atoms with Crippen molar-refractivity contribution >= 4 is 5.78 Å². The summed E-state index contributed by atoms with van der Waals surface area (Å²) in [7, 11) is 0. The number of nitriles is 1. The first kappa shape index (κ1) is 17.7. The summed E-state index contributed by atoms with van der Waals surface area (Å²) in [5.74, 6) is -0.343. The SMILES string of the molecule is CCn1cc(C#N)c(=O)n(CC(=O)c2ccc3c(c2)-c2ccccc2C3)c1=O. The molecule has 0 saturated heterocycles. The number of rotatable bonds is 4. The van der Waals surface area contributed by atoms with Crippen LogP contribution < -0.4 is 11.2 Å². The molecule has 0 bridgehead atoms. The fourth-order valence-electron chi connectivity index (χ4n) is 3.63. The Balaban J connectivity index is 1.73. The smallest absolute Gasteiger partial charge is 0.299 e. The lowest BCUT2D eigenvalue weighted by molar-refractivity contribution is 0.0968. The van der Waals surface area contributed by atoms with Gasteiger partial charge in [-0.1, -0.05) is 36.4 Å². The minimum absolute atomic E-state index is 0.155. The van der Waals surface area contributed by atoms with Gasteiger partial charge in [-0.3, -0.25) is 18.7 Å². The van der Waals surface area contributed by atoms with E-state index < -0.39 is 17.8 Å². The van der Waals surface area contributed by atoms with Crippen LogP contribution in [-0.2, 0) is 19.5 Å². The van der Waals surface area contributed by atoms with Crippen LogP contribution in [0.15, 0.2) is 58.3 Å². The fourth-order valence-corrected chi connectivity index (χ4v) is 3.63. The van der Waals surface area contributed by atoms with Gasteiger partial charge in [0.2, 0.25) is 0 Å². The van der Waals surface area contributed by atoms with Crippen LogP contribution >= 0.6 is 0 Å². The van der Waals surface area contributed by atoms with E-state index in [1.165, 1.54) is 16.3 Å². The molecule has 0 atom stereocenters. The van der Waals surface area contributed by atoms with Crippen molar-refractivity contribution in [1.82, 2.24) is 9.13 Å². The summed E-state index contributed by atoms with van der Waals surface area (Å²) in [5.41, 5.74) is 3.42. The molecule has 0 N–H and O–H groups in total. The zero-order valence-electron chi connectivity index (χ0n) is 15.3. The van der Waals surface area contributed by atoms with Gasteiger partial charge in [-0.2, -0.15) is 5.26 Å². The molecule has 0 spiro atoms. The van der Waals surface area contributed by atoms with Gasteiger partial charge in [-0.15, -0.1) is 0 Å². The maximum atomic E-state index is 12.8. The number of carbonyl (C=O) groups is 1. The van der Waals surface area contributed by atoms with E-state index in [1.54, 1.807) is 19.1 Å². The molecule has 0 radical (unpaired) electrons. The van der Waals surface area contributed by atoms with E-state index in [4.69, 9.17) is 5.26 Å². The Labute approximate surface area is 160 Å². The van der Waals surface area contributed by atoms with E-state index in [0.29, 0.717) is 12.1 Å². The Morgan fingerprint density at radius 1 is 1.11 bits per heavy atom. The van der Waals surface area contributed by atoms with Gasteiger partial charge in [0, 0.05) is 18.3 Å². The Bertz CT molecular complexity index is 1280. The Morgan fingerprint density at radius 2 is 1.86 bits per heavy atom. The monoisotopic (exact) mass is 371 g/mol. The highest BCUT2D eigenvalue weighted by atomic mass is 16.2. The van der Waals surface area contributed by atoms with E-state index in [-0.39, 0.29) is 11.3 Å². The molecule has 0 aliphatic heterocycles. The zero-order chi connectivity index (χ0) is 19.8. The second kappa shape index (κ2) is 6.78. The largest absolute Gasteiger partial charge is 0.331 e. The third-order valence-corrected chi connectivity index (χ3v) is 5.12. The molecule has 1 aliphatic carbocycles. The summed E-state index contributed by atoms with van der Waals surface area (Å²) in [6, 6.07) is 15.3. The highest BCUT2D eigenvalue weighted by Crippen LogP contribution is 2.36. The first-order valence-electron chi connectivity index (χ1n) is 9.02. The quantitative estimate of drug-likeness (QED) is 0.516. The van der Waals surface area contributed by atoms with E-state index >= 15 is 0 Å². The van der Waals surface area contributed by atoms with E-state index in [2.05, 4.69) is 6.07 Å². The summed E-state index contributed by atoms with van der Waals surface area (Å²) >= 11 is 0. The number of aromatic nitrogens is 2. The second-order valence-electron chi connectivity index (χ2n) is 6.74. The molecule has 6 nitrogen and oxygen atoms in total. The second-order valence-corrected chi connectivity index (χ2v) is 6.74. The number of hydrogen-bond acceptors (Lipinski definition) is 4. The van der Waals surface area contributed by atoms with Crippen molar-refractivity contribution in [3.05, 3.63) is 91.8 Å². The minimum Gasteiger partial charge on any atom is -0.299 e. The highest BCUT2D eigenvalue weighted by Gasteiger charge is 2.20. The van der Waals surface area contributed by atoms with Gasteiger partial charge in [-0.05, 0) is 41.7 Å². The van der Waals surface area contributed by atoms with Gasteiger partial charge < -0.3 is 0 Å². The molecule has 1 aromatic heterocycles. The Morgan fingerprint density at radius 3 is 2.61 bits per heavy atom. The lowest BCUT2D eigenvalue weighted by Crippen LogP contribution is -2.42. The van der Waals surface area contributed by atoms with Crippen LogP contribution in [0, 0.1) is 11.3 Å². The van der Waals surface area contributed by atoms with Crippen LogP contribution in [0.3, 0.4) is 0 Å². The van der Waals surface area contributed by atoms with E-state index in [0.717, 1.165) is 27.7 Å². The van der Waals surface area contributed by atoms with Crippen molar-refractivity contribution < 1.29 is 4.79 Å². The van der Waals surface area contributed by atoms with Crippen LogP contribution in [0.1, 0.15) is 34.0 Å². The summed E-state index contributed by atoms with van der Waals surface area (Å²) in [5, 5.41) is 9.14. The molecule has 3 aromatic rings. The molecule has 1 heterocycles. The highest BCUT2D eigenvalue weighted by molar-refractivity contribution is 5.98. The summed E-state index contributed by atoms with van der Waals surface area (Å²) in [6.45, 7) is 1.64. The van der Waals surface area contributed by atoms with E-state index in [9.17, 15) is 14.4 Å². The number of benzene rings is 2. The lowest BCUT2D eigenvalue weighted by Gasteiger charge is -2.10. The van der Waals surface area contributed by atoms with Crippen LogP contribution in [0.2, 0.25) is 0 Å². The first-order valence-corrected chi connectivity index (χ1v) is 9.02. The third-order valence-electron chi connectivity index (χ3n) is 5.12. The predicted octanol–water partition coefficient (Wildman–Crippen LogP) is 2.36. The molecule has 28 heavy (non-hydrogen) atoms. The fraction of sp³-hybridized carbons (Fsp3) is 0.182. The van der Waals surface area contributed by atoms with Crippen molar-refractivity contribution in [1.29, 1.82) is 5.26 Å². The maximum absolute atomic E-state index is 12.8. The van der Waals surface area contributed by atoms with Gasteiger partial charge in [0.05, 0.1) is 6.54 Å². The molecule has 0 unspecified atom stereocenters. The van der Waals surface area contributed by atoms with Crippen molar-refractivity contribution in [2.24, 2.45) is 0 Å². The lowest BCUT2D eigenvalue weighted by atomic mass is 10.0. The average Bonchev–Trinajstić information content (AvgIpc) is 3.09. The standard InChI is InChI=1S/C22H17N3O3/c1-2-24-12-17(11-23)21(27)25(22(24)28)13-20(26)16-8-7-15-9-14-5-3-4-6-18(14)19(15)10-16/h3-8,10,12H,2,9,13H2,1H3. The molecule has 2 aromatic carbocycles. The van der Waals surface area contributed by atoms with Crippen LogP contribution in [0.25, 0.3) is 11.1 Å². The topological polar surface area (TPSA) is 84.9 Å². The zero-order valence-corrected chi connectivity index (χ0v) is 15.3. The predicted molar refractivity (Wildman–Crippen MR) is 104 cm³/mol. The summed E-state index contributed by atoms with van der Waals surface area (Å²) in [6.07, 6.45) is 2.06. The number of fused-ring (bicyclic) bond motifs is 3. The molecule has 6 heteroatoms. The van der Waals surface area contributed by atoms with Gasteiger partial charge in [0.1, 0.15) is 11.6 Å². The molecule has 0 amide bonds. The number of hydrogen-bond donors (Lipinski definition) is 0. The van der Waals surface area contributed by atoms with Crippen LogP contribution in [0.4, 0.5) is 0 Å². The molecule has 4 rings (SSSR count). The summed E-state index contributed by atoms with van der Waals surface area (Å²) < 4.78 is 2.09. The van der Waals surface area contributed by atoms with Gasteiger partial charge in [-0.25, -0.2) is 4.79 Å². The van der Waals surface area contributed by atoms with Gasteiger partial charge in [0.25, 0.3) is 5.56 Å². The normalized spacial score (nSPS) is 11.6. The van der Waals surface area contributed by atoms with Crippen molar-refractivity contribution in [2.45, 2.75) is 26.4 Å². The number of carbonyl (C=O) groups excluding carboxylic acids is 1. The molecule has 1 aliphatic rings. The number of Topliss-reactive ketones (excluding diaryl/α,β-unsaturated/α-hetero) is 1. The number of aryl methyl sites for hydroxylation is 1.